The lowest BCUT2D eigenvalue weighted by Gasteiger charge is -2.01. The molecule has 3 nitrogen and oxygen atoms in total. The van der Waals surface area contributed by atoms with Crippen LogP contribution >= 0.6 is 0 Å². The molecule has 1 aromatic heterocycles. The third kappa shape index (κ3) is 1.97. The van der Waals surface area contributed by atoms with Crippen molar-refractivity contribution in [1.29, 1.82) is 0 Å². The second-order valence-corrected chi connectivity index (χ2v) is 3.27. The summed E-state index contributed by atoms with van der Waals surface area (Å²) < 4.78 is 1.99. The van der Waals surface area contributed by atoms with E-state index in [0.717, 1.165) is 36.5 Å². The van der Waals surface area contributed by atoms with Crippen LogP contribution in [-0.2, 0) is 19.4 Å². The second kappa shape index (κ2) is 4.84. The fraction of sp³-hybridized carbons (Fsp3) is 0.545. The fourth-order valence-electron chi connectivity index (χ4n) is 1.56. The van der Waals surface area contributed by atoms with Crippen LogP contribution in [0.3, 0.4) is 0 Å². The number of allylic oxidation sites excluding steroid dienone is 2. The van der Waals surface area contributed by atoms with E-state index in [4.69, 9.17) is 5.73 Å². The maximum absolute atomic E-state index is 5.99. The molecule has 14 heavy (non-hydrogen) atoms. The van der Waals surface area contributed by atoms with Crippen molar-refractivity contribution in [2.24, 2.45) is 0 Å². The molecule has 0 atom stereocenters. The predicted molar refractivity (Wildman–Crippen MR) is 60.2 cm³/mol. The number of rotatable bonds is 4. The topological polar surface area (TPSA) is 43.8 Å². The molecule has 0 aliphatic rings. The number of anilines is 1. The van der Waals surface area contributed by atoms with E-state index in [-0.39, 0.29) is 0 Å². The zero-order valence-electron chi connectivity index (χ0n) is 9.25. The summed E-state index contributed by atoms with van der Waals surface area (Å²) in [5, 5.41) is 4.48. The largest absolute Gasteiger partial charge is 0.396 e. The molecule has 1 heterocycles. The molecule has 78 valence electrons. The first kappa shape index (κ1) is 10.8. The van der Waals surface area contributed by atoms with Crippen molar-refractivity contribution in [3.8, 4) is 0 Å². The quantitative estimate of drug-likeness (QED) is 0.745. The van der Waals surface area contributed by atoms with Gasteiger partial charge in [0.2, 0.25) is 0 Å². The molecule has 0 aliphatic heterocycles. The lowest BCUT2D eigenvalue weighted by Crippen LogP contribution is -2.03. The van der Waals surface area contributed by atoms with Crippen LogP contribution in [0.25, 0.3) is 0 Å². The van der Waals surface area contributed by atoms with Gasteiger partial charge in [0.15, 0.2) is 0 Å². The van der Waals surface area contributed by atoms with Gasteiger partial charge >= 0.3 is 0 Å². The lowest BCUT2D eigenvalue weighted by atomic mass is 10.2. The van der Waals surface area contributed by atoms with Crippen LogP contribution in [0.15, 0.2) is 12.2 Å². The third-order valence-electron chi connectivity index (χ3n) is 2.36. The maximum Gasteiger partial charge on any atom is 0.0854 e. The highest BCUT2D eigenvalue weighted by Gasteiger charge is 2.10. The lowest BCUT2D eigenvalue weighted by molar-refractivity contribution is 0.652. The minimum Gasteiger partial charge on any atom is -0.396 e. The summed E-state index contributed by atoms with van der Waals surface area (Å²) >= 11 is 0. The zero-order chi connectivity index (χ0) is 10.6. The number of nitrogens with two attached hydrogens (primary N) is 1. The summed E-state index contributed by atoms with van der Waals surface area (Å²) in [6, 6.07) is 0. The van der Waals surface area contributed by atoms with Crippen molar-refractivity contribution in [3.63, 3.8) is 0 Å². The average Bonchev–Trinajstić information content (AvgIpc) is 2.51. The molecule has 0 saturated heterocycles. The molecule has 0 amide bonds. The number of nitrogens with zero attached hydrogens (tertiary/aromatic N) is 2. The minimum absolute atomic E-state index is 0.823. The van der Waals surface area contributed by atoms with Gasteiger partial charge < -0.3 is 5.73 Å². The molecule has 2 N–H and O–H groups in total. The molecule has 0 aromatic carbocycles. The molecule has 0 bridgehead atoms. The van der Waals surface area contributed by atoms with Crippen molar-refractivity contribution in [2.45, 2.75) is 40.2 Å². The fourth-order valence-corrected chi connectivity index (χ4v) is 1.56. The standard InChI is InChI=1S/C11H19N3/c1-4-7-8-14-10(6-3)11(12)9(5-2)13-14/h4,7H,5-6,8,12H2,1-3H3/b7-4+. The van der Waals surface area contributed by atoms with E-state index in [1.165, 1.54) is 0 Å². The molecule has 1 aromatic rings. The second-order valence-electron chi connectivity index (χ2n) is 3.27. The molecule has 0 radical (unpaired) electrons. The number of aromatic nitrogens is 2. The van der Waals surface area contributed by atoms with Crippen LogP contribution in [0.5, 0.6) is 0 Å². The Morgan fingerprint density at radius 2 is 2.07 bits per heavy atom. The highest BCUT2D eigenvalue weighted by atomic mass is 15.3. The smallest absolute Gasteiger partial charge is 0.0854 e. The Hall–Kier alpha value is -1.25. The molecule has 3 heteroatoms. The van der Waals surface area contributed by atoms with Gasteiger partial charge in [-0.05, 0) is 19.8 Å². The van der Waals surface area contributed by atoms with E-state index < -0.39 is 0 Å². The van der Waals surface area contributed by atoms with E-state index in [1.807, 2.05) is 17.7 Å². The predicted octanol–water partition coefficient (Wildman–Crippen LogP) is 2.17. The van der Waals surface area contributed by atoms with E-state index >= 15 is 0 Å². The molecular formula is C11H19N3. The summed E-state index contributed by atoms with van der Waals surface area (Å²) in [4.78, 5) is 0. The SMILES string of the molecule is C/C=C/Cn1nc(CC)c(N)c1CC. The van der Waals surface area contributed by atoms with Gasteiger partial charge in [-0.2, -0.15) is 5.10 Å². The molecule has 0 fully saturated rings. The first-order valence-electron chi connectivity index (χ1n) is 5.19. The number of aryl methyl sites for hydroxylation is 1. The van der Waals surface area contributed by atoms with Crippen molar-refractivity contribution in [2.75, 3.05) is 5.73 Å². The maximum atomic E-state index is 5.99. The molecule has 0 aliphatic carbocycles. The summed E-state index contributed by atoms with van der Waals surface area (Å²) in [5.41, 5.74) is 9.04. The van der Waals surface area contributed by atoms with Gasteiger partial charge in [0.25, 0.3) is 0 Å². The molecule has 0 saturated carbocycles. The molecule has 0 unspecified atom stereocenters. The molecular weight excluding hydrogens is 174 g/mol. The monoisotopic (exact) mass is 193 g/mol. The number of hydrogen-bond acceptors (Lipinski definition) is 2. The first-order chi connectivity index (χ1) is 6.74. The van der Waals surface area contributed by atoms with Crippen LogP contribution in [0.1, 0.15) is 32.2 Å². The zero-order valence-corrected chi connectivity index (χ0v) is 9.25. The van der Waals surface area contributed by atoms with Gasteiger partial charge in [0.05, 0.1) is 23.6 Å². The minimum atomic E-state index is 0.823. The Balaban J connectivity index is 3.02. The number of hydrogen-bond donors (Lipinski definition) is 1. The Bertz CT molecular complexity index is 324. The highest BCUT2D eigenvalue weighted by Crippen LogP contribution is 2.18. The van der Waals surface area contributed by atoms with E-state index in [2.05, 4.69) is 25.0 Å². The van der Waals surface area contributed by atoms with Gasteiger partial charge in [-0.1, -0.05) is 26.0 Å². The normalized spacial score (nSPS) is 11.4. The summed E-state index contributed by atoms with van der Waals surface area (Å²) in [7, 11) is 0. The Morgan fingerprint density at radius 3 is 2.57 bits per heavy atom. The van der Waals surface area contributed by atoms with E-state index in [0.29, 0.717) is 0 Å². The van der Waals surface area contributed by atoms with Crippen LogP contribution in [-0.4, -0.2) is 9.78 Å². The first-order valence-corrected chi connectivity index (χ1v) is 5.19. The van der Waals surface area contributed by atoms with Gasteiger partial charge in [-0.25, -0.2) is 0 Å². The molecule has 0 spiro atoms. The summed E-state index contributed by atoms with van der Waals surface area (Å²) in [6.45, 7) is 7.03. The Kier molecular flexibility index (Phi) is 3.74. The van der Waals surface area contributed by atoms with Crippen molar-refractivity contribution < 1.29 is 0 Å². The third-order valence-corrected chi connectivity index (χ3v) is 2.36. The van der Waals surface area contributed by atoms with Crippen LogP contribution in [0, 0.1) is 0 Å². The van der Waals surface area contributed by atoms with Crippen LogP contribution in [0.4, 0.5) is 5.69 Å². The average molecular weight is 193 g/mol. The van der Waals surface area contributed by atoms with Crippen molar-refractivity contribution in [3.05, 3.63) is 23.5 Å². The van der Waals surface area contributed by atoms with Crippen LogP contribution in [0.2, 0.25) is 0 Å². The Labute approximate surface area is 85.6 Å². The van der Waals surface area contributed by atoms with E-state index in [9.17, 15) is 0 Å². The molecule has 1 rings (SSSR count). The highest BCUT2D eigenvalue weighted by molar-refractivity contribution is 5.48. The van der Waals surface area contributed by atoms with Gasteiger partial charge in [0.1, 0.15) is 0 Å². The Morgan fingerprint density at radius 1 is 1.36 bits per heavy atom. The van der Waals surface area contributed by atoms with Gasteiger partial charge in [0, 0.05) is 0 Å². The van der Waals surface area contributed by atoms with Crippen LogP contribution < -0.4 is 5.73 Å². The summed E-state index contributed by atoms with van der Waals surface area (Å²) in [5.74, 6) is 0. The summed E-state index contributed by atoms with van der Waals surface area (Å²) in [6.07, 6.45) is 5.96. The van der Waals surface area contributed by atoms with Gasteiger partial charge in [-0.15, -0.1) is 0 Å². The van der Waals surface area contributed by atoms with Crippen molar-refractivity contribution in [1.82, 2.24) is 9.78 Å². The van der Waals surface area contributed by atoms with Crippen molar-refractivity contribution >= 4 is 5.69 Å². The van der Waals surface area contributed by atoms with E-state index in [1.54, 1.807) is 0 Å². The van der Waals surface area contributed by atoms with Gasteiger partial charge in [-0.3, -0.25) is 4.68 Å². The number of nitrogen functional groups attached to an aromatic ring is 1.